The molecule has 0 saturated carbocycles. The van der Waals surface area contributed by atoms with Crippen molar-refractivity contribution in [3.8, 4) is 11.5 Å². The zero-order valence-electron chi connectivity index (χ0n) is 12.9. The third-order valence-corrected chi connectivity index (χ3v) is 3.85. The molecule has 24 heavy (non-hydrogen) atoms. The standard InChI is InChI=1S/C17H14N2O5/c1-19-12-8-10(2-4-13(12)24-17(19)21)16(20)18-11-3-5-14-15(9-11)23-7-6-22-14/h2-5,8-9H,6-7H2,1H3,(H,18,20). The van der Waals surface area contributed by atoms with Crippen LogP contribution in [0.4, 0.5) is 5.69 Å². The first-order chi connectivity index (χ1) is 11.6. The van der Waals surface area contributed by atoms with Crippen molar-refractivity contribution in [3.63, 3.8) is 0 Å². The molecule has 0 radical (unpaired) electrons. The molecule has 2 aromatic carbocycles. The van der Waals surface area contributed by atoms with E-state index in [0.29, 0.717) is 47.1 Å². The van der Waals surface area contributed by atoms with E-state index in [9.17, 15) is 9.59 Å². The summed E-state index contributed by atoms with van der Waals surface area (Å²) in [7, 11) is 1.59. The highest BCUT2D eigenvalue weighted by atomic mass is 16.6. The van der Waals surface area contributed by atoms with Gasteiger partial charge in [-0.3, -0.25) is 9.36 Å². The van der Waals surface area contributed by atoms with E-state index in [1.807, 2.05) is 0 Å². The second-order valence-electron chi connectivity index (χ2n) is 5.42. The number of aryl methyl sites for hydroxylation is 1. The van der Waals surface area contributed by atoms with E-state index in [0.717, 1.165) is 0 Å². The second kappa shape index (κ2) is 5.45. The molecule has 4 rings (SSSR count). The van der Waals surface area contributed by atoms with E-state index >= 15 is 0 Å². The molecule has 7 nitrogen and oxygen atoms in total. The molecule has 1 amide bonds. The highest BCUT2D eigenvalue weighted by Gasteiger charge is 2.15. The van der Waals surface area contributed by atoms with Gasteiger partial charge in [-0.05, 0) is 30.3 Å². The summed E-state index contributed by atoms with van der Waals surface area (Å²) in [4.78, 5) is 24.0. The molecule has 0 bridgehead atoms. The fourth-order valence-electron chi connectivity index (χ4n) is 2.59. The average molecular weight is 326 g/mol. The van der Waals surface area contributed by atoms with Crippen LogP contribution < -0.4 is 20.5 Å². The van der Waals surface area contributed by atoms with Crippen LogP contribution in [0.25, 0.3) is 11.1 Å². The normalized spacial score (nSPS) is 13.0. The minimum Gasteiger partial charge on any atom is -0.486 e. The van der Waals surface area contributed by atoms with E-state index in [1.54, 1.807) is 43.4 Å². The first-order valence-electron chi connectivity index (χ1n) is 7.42. The molecule has 1 N–H and O–H groups in total. The van der Waals surface area contributed by atoms with Gasteiger partial charge >= 0.3 is 5.76 Å². The highest BCUT2D eigenvalue weighted by Crippen LogP contribution is 2.32. The molecule has 7 heteroatoms. The lowest BCUT2D eigenvalue weighted by atomic mass is 10.2. The topological polar surface area (TPSA) is 82.7 Å². The van der Waals surface area contributed by atoms with Crippen molar-refractivity contribution in [3.05, 3.63) is 52.5 Å². The van der Waals surface area contributed by atoms with Crippen LogP contribution >= 0.6 is 0 Å². The Bertz CT molecular complexity index is 1000. The van der Waals surface area contributed by atoms with E-state index in [-0.39, 0.29) is 5.91 Å². The number of amides is 1. The number of anilines is 1. The third kappa shape index (κ3) is 2.40. The largest absolute Gasteiger partial charge is 0.486 e. The lowest BCUT2D eigenvalue weighted by Crippen LogP contribution is -2.16. The lowest BCUT2D eigenvalue weighted by Gasteiger charge is -2.19. The highest BCUT2D eigenvalue weighted by molar-refractivity contribution is 6.06. The summed E-state index contributed by atoms with van der Waals surface area (Å²) < 4.78 is 17.4. The maximum atomic E-state index is 12.4. The minimum atomic E-state index is -0.464. The zero-order valence-corrected chi connectivity index (χ0v) is 12.9. The Labute approximate surface area is 136 Å². The number of nitrogens with one attached hydrogen (secondary N) is 1. The van der Waals surface area contributed by atoms with Crippen molar-refractivity contribution in [1.82, 2.24) is 4.57 Å². The summed E-state index contributed by atoms with van der Waals surface area (Å²) >= 11 is 0. The van der Waals surface area contributed by atoms with Crippen molar-refractivity contribution in [2.75, 3.05) is 18.5 Å². The lowest BCUT2D eigenvalue weighted by molar-refractivity contribution is 0.102. The van der Waals surface area contributed by atoms with Gasteiger partial charge in [0.15, 0.2) is 17.1 Å². The van der Waals surface area contributed by atoms with Gasteiger partial charge in [-0.2, -0.15) is 0 Å². The Morgan fingerprint density at radius 1 is 1.08 bits per heavy atom. The van der Waals surface area contributed by atoms with E-state index in [2.05, 4.69) is 5.32 Å². The molecular formula is C17H14N2O5. The molecule has 0 saturated heterocycles. The number of ether oxygens (including phenoxy) is 2. The van der Waals surface area contributed by atoms with Crippen LogP contribution in [0.3, 0.4) is 0 Å². The smallest absolute Gasteiger partial charge is 0.419 e. The van der Waals surface area contributed by atoms with Crippen LogP contribution in [-0.2, 0) is 7.05 Å². The minimum absolute atomic E-state index is 0.290. The van der Waals surface area contributed by atoms with Gasteiger partial charge in [-0.25, -0.2) is 4.79 Å². The Balaban J connectivity index is 1.62. The van der Waals surface area contributed by atoms with Crippen LogP contribution in [0.5, 0.6) is 11.5 Å². The number of aromatic nitrogens is 1. The number of hydrogen-bond acceptors (Lipinski definition) is 5. The quantitative estimate of drug-likeness (QED) is 0.780. The number of benzene rings is 2. The molecule has 3 aromatic rings. The number of hydrogen-bond donors (Lipinski definition) is 1. The predicted molar refractivity (Wildman–Crippen MR) is 86.8 cm³/mol. The van der Waals surface area contributed by atoms with Crippen LogP contribution in [0, 0.1) is 0 Å². The van der Waals surface area contributed by atoms with Gasteiger partial charge in [0.05, 0.1) is 5.52 Å². The average Bonchev–Trinajstić information content (AvgIpc) is 2.89. The number of nitrogens with zero attached hydrogens (tertiary/aromatic N) is 1. The number of carbonyl (C=O) groups is 1. The molecule has 1 aliphatic heterocycles. The fraction of sp³-hybridized carbons (Fsp3) is 0.176. The number of rotatable bonds is 2. The number of carbonyl (C=O) groups excluding carboxylic acids is 1. The summed E-state index contributed by atoms with van der Waals surface area (Å²) in [6, 6.07) is 10.1. The molecule has 122 valence electrons. The Hall–Kier alpha value is -3.22. The number of fused-ring (bicyclic) bond motifs is 2. The fourth-order valence-corrected chi connectivity index (χ4v) is 2.59. The van der Waals surface area contributed by atoms with Gasteiger partial charge in [0.1, 0.15) is 13.2 Å². The SMILES string of the molecule is Cn1c(=O)oc2ccc(C(=O)Nc3ccc4c(c3)OCCO4)cc21. The Kier molecular flexibility index (Phi) is 3.26. The molecule has 0 spiro atoms. The predicted octanol–water partition coefficient (Wildman–Crippen LogP) is 2.16. The molecule has 0 atom stereocenters. The molecular weight excluding hydrogens is 312 g/mol. The molecule has 2 heterocycles. The van der Waals surface area contributed by atoms with Crippen molar-refractivity contribution >= 4 is 22.7 Å². The monoisotopic (exact) mass is 326 g/mol. The zero-order chi connectivity index (χ0) is 16.7. The van der Waals surface area contributed by atoms with Crippen LogP contribution in [-0.4, -0.2) is 23.7 Å². The van der Waals surface area contributed by atoms with Gasteiger partial charge in [0.25, 0.3) is 5.91 Å². The molecule has 1 aromatic heterocycles. The first kappa shape index (κ1) is 14.4. The van der Waals surface area contributed by atoms with Gasteiger partial charge < -0.3 is 19.2 Å². The van der Waals surface area contributed by atoms with Gasteiger partial charge in [-0.15, -0.1) is 0 Å². The molecule has 0 aliphatic carbocycles. The van der Waals surface area contributed by atoms with Crippen molar-refractivity contribution in [2.45, 2.75) is 0 Å². The number of oxazole rings is 1. The summed E-state index contributed by atoms with van der Waals surface area (Å²) in [5.41, 5.74) is 2.03. The third-order valence-electron chi connectivity index (χ3n) is 3.85. The Morgan fingerprint density at radius 2 is 1.88 bits per heavy atom. The van der Waals surface area contributed by atoms with Crippen molar-refractivity contribution in [1.29, 1.82) is 0 Å². The van der Waals surface area contributed by atoms with Crippen LogP contribution in [0.2, 0.25) is 0 Å². The Morgan fingerprint density at radius 3 is 2.71 bits per heavy atom. The maximum absolute atomic E-state index is 12.4. The molecule has 1 aliphatic rings. The van der Waals surface area contributed by atoms with E-state index < -0.39 is 5.76 Å². The summed E-state index contributed by atoms with van der Waals surface area (Å²) in [6.45, 7) is 0.998. The summed E-state index contributed by atoms with van der Waals surface area (Å²) in [5, 5.41) is 2.81. The molecule has 0 unspecified atom stereocenters. The van der Waals surface area contributed by atoms with E-state index in [4.69, 9.17) is 13.9 Å². The van der Waals surface area contributed by atoms with Crippen LogP contribution in [0.15, 0.2) is 45.6 Å². The van der Waals surface area contributed by atoms with Crippen LogP contribution in [0.1, 0.15) is 10.4 Å². The van der Waals surface area contributed by atoms with E-state index in [1.165, 1.54) is 4.57 Å². The van der Waals surface area contributed by atoms with Gasteiger partial charge in [0, 0.05) is 24.4 Å². The first-order valence-corrected chi connectivity index (χ1v) is 7.42. The van der Waals surface area contributed by atoms with Crippen molar-refractivity contribution in [2.24, 2.45) is 7.05 Å². The van der Waals surface area contributed by atoms with Crippen molar-refractivity contribution < 1.29 is 18.7 Å². The van der Waals surface area contributed by atoms with Gasteiger partial charge in [0.2, 0.25) is 0 Å². The summed E-state index contributed by atoms with van der Waals surface area (Å²) in [5.74, 6) is 0.512. The maximum Gasteiger partial charge on any atom is 0.419 e. The van der Waals surface area contributed by atoms with Gasteiger partial charge in [-0.1, -0.05) is 0 Å². The second-order valence-corrected chi connectivity index (χ2v) is 5.42. The summed E-state index contributed by atoms with van der Waals surface area (Å²) in [6.07, 6.45) is 0. The molecule has 0 fully saturated rings.